The lowest BCUT2D eigenvalue weighted by molar-refractivity contribution is -0.124. The van der Waals surface area contributed by atoms with E-state index in [1.54, 1.807) is 0 Å². The molecular weight excluding hydrogens is 214 g/mol. The van der Waals surface area contributed by atoms with Crippen molar-refractivity contribution in [3.8, 4) is 0 Å². The van der Waals surface area contributed by atoms with Crippen LogP contribution in [0.5, 0.6) is 0 Å². The number of Topliss-reactive ketones (excluding diaryl/α,β-unsaturated/α-hetero) is 1. The van der Waals surface area contributed by atoms with Crippen molar-refractivity contribution in [2.45, 2.75) is 58.4 Å². The minimum Gasteiger partial charge on any atom is -0.395 e. The molecule has 1 fully saturated rings. The van der Waals surface area contributed by atoms with E-state index < -0.39 is 0 Å². The number of ketones is 1. The highest BCUT2D eigenvalue weighted by atomic mass is 16.3. The molecule has 1 saturated carbocycles. The van der Waals surface area contributed by atoms with Gasteiger partial charge in [-0.1, -0.05) is 26.7 Å². The Kier molecular flexibility index (Phi) is 6.75. The Balaban J connectivity index is 2.49. The van der Waals surface area contributed by atoms with Crippen molar-refractivity contribution in [1.82, 2.24) is 4.90 Å². The second-order valence-electron chi connectivity index (χ2n) is 5.11. The zero-order chi connectivity index (χ0) is 12.7. The highest BCUT2D eigenvalue weighted by Gasteiger charge is 2.25. The maximum atomic E-state index is 12.1. The molecule has 1 rings (SSSR count). The number of aliphatic hydroxyl groups is 1. The maximum absolute atomic E-state index is 12.1. The second kappa shape index (κ2) is 7.83. The van der Waals surface area contributed by atoms with Crippen molar-refractivity contribution in [2.75, 3.05) is 19.7 Å². The second-order valence-corrected chi connectivity index (χ2v) is 5.11. The van der Waals surface area contributed by atoms with Gasteiger partial charge < -0.3 is 5.11 Å². The van der Waals surface area contributed by atoms with E-state index in [1.165, 1.54) is 12.8 Å². The number of carbonyl (C=O) groups is 1. The van der Waals surface area contributed by atoms with Gasteiger partial charge in [0.1, 0.15) is 5.78 Å². The number of nitrogens with zero attached hydrogens (tertiary/aromatic N) is 1. The lowest BCUT2D eigenvalue weighted by Gasteiger charge is -2.29. The molecule has 17 heavy (non-hydrogen) atoms. The molecule has 1 aliphatic carbocycles. The number of hydrogen-bond acceptors (Lipinski definition) is 3. The van der Waals surface area contributed by atoms with E-state index in [4.69, 9.17) is 5.11 Å². The van der Waals surface area contributed by atoms with Crippen molar-refractivity contribution in [3.05, 3.63) is 0 Å². The summed E-state index contributed by atoms with van der Waals surface area (Å²) in [4.78, 5) is 14.3. The van der Waals surface area contributed by atoms with E-state index in [0.29, 0.717) is 30.8 Å². The first-order valence-corrected chi connectivity index (χ1v) is 7.10. The zero-order valence-electron chi connectivity index (χ0n) is 11.3. The molecule has 0 aromatic carbocycles. The molecule has 100 valence electrons. The summed E-state index contributed by atoms with van der Waals surface area (Å²) in [7, 11) is 0. The molecule has 0 bridgehead atoms. The van der Waals surface area contributed by atoms with Gasteiger partial charge in [-0.25, -0.2) is 0 Å². The van der Waals surface area contributed by atoms with Gasteiger partial charge in [0.15, 0.2) is 0 Å². The fraction of sp³-hybridized carbons (Fsp3) is 0.929. The summed E-state index contributed by atoms with van der Waals surface area (Å²) in [6.45, 7) is 5.62. The lowest BCUT2D eigenvalue weighted by Crippen LogP contribution is -2.41. The van der Waals surface area contributed by atoms with Crippen LogP contribution in [-0.4, -0.2) is 41.5 Å². The SMILES string of the molecule is CCC(CC)N(CCO)CC(=O)C1CCCC1. The van der Waals surface area contributed by atoms with E-state index in [2.05, 4.69) is 18.7 Å². The first-order valence-electron chi connectivity index (χ1n) is 7.10. The topological polar surface area (TPSA) is 40.5 Å². The van der Waals surface area contributed by atoms with Crippen LogP contribution in [0.3, 0.4) is 0 Å². The van der Waals surface area contributed by atoms with E-state index in [9.17, 15) is 4.79 Å². The van der Waals surface area contributed by atoms with Gasteiger partial charge in [-0.3, -0.25) is 9.69 Å². The molecule has 0 spiro atoms. The third-order valence-electron chi connectivity index (χ3n) is 4.02. The van der Waals surface area contributed by atoms with Crippen LogP contribution in [0, 0.1) is 5.92 Å². The Labute approximate surface area is 105 Å². The summed E-state index contributed by atoms with van der Waals surface area (Å²) >= 11 is 0. The van der Waals surface area contributed by atoms with Crippen LogP contribution in [-0.2, 0) is 4.79 Å². The molecule has 0 saturated heterocycles. The Hall–Kier alpha value is -0.410. The maximum Gasteiger partial charge on any atom is 0.149 e. The number of aliphatic hydroxyl groups excluding tert-OH is 1. The van der Waals surface area contributed by atoms with Crippen LogP contribution in [0.25, 0.3) is 0 Å². The number of carbonyl (C=O) groups excluding carboxylic acids is 1. The summed E-state index contributed by atoms with van der Waals surface area (Å²) in [5.41, 5.74) is 0. The number of rotatable bonds is 8. The van der Waals surface area contributed by atoms with Crippen LogP contribution in [0.4, 0.5) is 0 Å². The fourth-order valence-corrected chi connectivity index (χ4v) is 2.90. The van der Waals surface area contributed by atoms with Crippen LogP contribution >= 0.6 is 0 Å². The molecule has 3 nitrogen and oxygen atoms in total. The third kappa shape index (κ3) is 4.40. The Bertz CT molecular complexity index is 220. The van der Waals surface area contributed by atoms with Crippen LogP contribution in [0.15, 0.2) is 0 Å². The van der Waals surface area contributed by atoms with Crippen LogP contribution in [0.2, 0.25) is 0 Å². The van der Waals surface area contributed by atoms with Crippen molar-refractivity contribution >= 4 is 5.78 Å². The average molecular weight is 241 g/mol. The normalized spacial score (nSPS) is 17.2. The predicted molar refractivity (Wildman–Crippen MR) is 70.0 cm³/mol. The van der Waals surface area contributed by atoms with Gasteiger partial charge in [-0.05, 0) is 25.7 Å². The van der Waals surface area contributed by atoms with E-state index in [1.807, 2.05) is 0 Å². The third-order valence-corrected chi connectivity index (χ3v) is 4.02. The van der Waals surface area contributed by atoms with Crippen molar-refractivity contribution in [3.63, 3.8) is 0 Å². The van der Waals surface area contributed by atoms with Gasteiger partial charge >= 0.3 is 0 Å². The van der Waals surface area contributed by atoms with Gasteiger partial charge in [0.05, 0.1) is 13.2 Å². The van der Waals surface area contributed by atoms with Crippen molar-refractivity contribution < 1.29 is 9.90 Å². The summed E-state index contributed by atoms with van der Waals surface area (Å²) in [5, 5.41) is 9.10. The highest BCUT2D eigenvalue weighted by molar-refractivity contribution is 5.83. The van der Waals surface area contributed by atoms with Crippen LogP contribution in [0.1, 0.15) is 52.4 Å². The Morgan fingerprint density at radius 2 is 1.88 bits per heavy atom. The largest absolute Gasteiger partial charge is 0.395 e. The predicted octanol–water partition coefficient (Wildman–Crippen LogP) is 2.23. The number of hydrogen-bond donors (Lipinski definition) is 1. The standard InChI is InChI=1S/C14H27NO2/c1-3-13(4-2)15(9-10-16)11-14(17)12-7-5-6-8-12/h12-13,16H,3-11H2,1-2H3. The van der Waals surface area contributed by atoms with E-state index in [-0.39, 0.29) is 6.61 Å². The molecule has 1 aliphatic rings. The Morgan fingerprint density at radius 3 is 2.35 bits per heavy atom. The molecule has 0 aromatic heterocycles. The molecule has 0 atom stereocenters. The van der Waals surface area contributed by atoms with Crippen LogP contribution < -0.4 is 0 Å². The monoisotopic (exact) mass is 241 g/mol. The van der Waals surface area contributed by atoms with Gasteiger partial charge in [-0.15, -0.1) is 0 Å². The summed E-state index contributed by atoms with van der Waals surface area (Å²) < 4.78 is 0. The zero-order valence-corrected chi connectivity index (χ0v) is 11.3. The summed E-state index contributed by atoms with van der Waals surface area (Å²) in [5.74, 6) is 0.688. The molecular formula is C14H27NO2. The molecule has 0 radical (unpaired) electrons. The molecule has 0 aliphatic heterocycles. The average Bonchev–Trinajstić information content (AvgIpc) is 2.84. The van der Waals surface area contributed by atoms with Gasteiger partial charge in [0.2, 0.25) is 0 Å². The van der Waals surface area contributed by atoms with E-state index >= 15 is 0 Å². The minimum atomic E-state index is 0.147. The van der Waals surface area contributed by atoms with Gasteiger partial charge in [-0.2, -0.15) is 0 Å². The Morgan fingerprint density at radius 1 is 1.29 bits per heavy atom. The van der Waals surface area contributed by atoms with Crippen molar-refractivity contribution in [2.24, 2.45) is 5.92 Å². The lowest BCUT2D eigenvalue weighted by atomic mass is 10.0. The first kappa shape index (κ1) is 14.7. The molecule has 3 heteroatoms. The van der Waals surface area contributed by atoms with E-state index in [0.717, 1.165) is 25.7 Å². The fourth-order valence-electron chi connectivity index (χ4n) is 2.90. The summed E-state index contributed by atoms with van der Waals surface area (Å²) in [6, 6.07) is 0.438. The minimum absolute atomic E-state index is 0.147. The molecule has 0 aromatic rings. The highest BCUT2D eigenvalue weighted by Crippen LogP contribution is 2.26. The quantitative estimate of drug-likeness (QED) is 0.708. The summed E-state index contributed by atoms with van der Waals surface area (Å²) in [6.07, 6.45) is 6.68. The van der Waals surface area contributed by atoms with Gasteiger partial charge in [0.25, 0.3) is 0 Å². The molecule has 1 N–H and O–H groups in total. The smallest absolute Gasteiger partial charge is 0.149 e. The molecule has 0 heterocycles. The molecule has 0 amide bonds. The first-order chi connectivity index (χ1) is 8.22. The molecule has 0 unspecified atom stereocenters. The van der Waals surface area contributed by atoms with Crippen molar-refractivity contribution in [1.29, 1.82) is 0 Å². The van der Waals surface area contributed by atoms with Gasteiger partial charge in [0, 0.05) is 18.5 Å².